The van der Waals surface area contributed by atoms with Crippen molar-refractivity contribution in [2.45, 2.75) is 0 Å². The van der Waals surface area contributed by atoms with Crippen LogP contribution in [0.4, 0.5) is 0 Å². The van der Waals surface area contributed by atoms with E-state index in [1.54, 1.807) is 18.3 Å². The highest BCUT2D eigenvalue weighted by atomic mass is 32.1. The third-order valence-electron chi connectivity index (χ3n) is 2.07. The van der Waals surface area contributed by atoms with Gasteiger partial charge in [0.15, 0.2) is 11.5 Å². The first-order valence-electron chi connectivity index (χ1n) is 4.74. The van der Waals surface area contributed by atoms with Crippen molar-refractivity contribution in [2.24, 2.45) is 5.10 Å². The highest BCUT2D eigenvalue weighted by molar-refractivity contribution is 7.71. The average Bonchev–Trinajstić information content (AvgIpc) is 2.74. The lowest BCUT2D eigenvalue weighted by Crippen LogP contribution is -1.90. The van der Waals surface area contributed by atoms with Crippen LogP contribution in [0.3, 0.4) is 0 Å². The van der Waals surface area contributed by atoms with Crippen LogP contribution in [0.15, 0.2) is 29.6 Å². The normalized spacial score (nSPS) is 10.9. The first-order chi connectivity index (χ1) is 8.20. The van der Waals surface area contributed by atoms with Crippen molar-refractivity contribution in [3.05, 3.63) is 34.9 Å². The Bertz CT molecular complexity index is 602. The molecule has 0 atom stereocenters. The molecule has 0 fully saturated rings. The van der Waals surface area contributed by atoms with Gasteiger partial charge in [-0.2, -0.15) is 14.9 Å². The molecule has 1 aromatic carbocycles. The molecule has 0 aliphatic heterocycles. The van der Waals surface area contributed by atoms with Crippen LogP contribution in [0.5, 0.6) is 11.5 Å². The summed E-state index contributed by atoms with van der Waals surface area (Å²) in [4.78, 5) is 0. The fraction of sp³-hybridized carbons (Fsp3) is 0.100. The molecule has 0 amide bonds. The lowest BCUT2D eigenvalue weighted by atomic mass is 10.2. The molecule has 0 saturated carbocycles. The van der Waals surface area contributed by atoms with Gasteiger partial charge in [-0.1, -0.05) is 0 Å². The van der Waals surface area contributed by atoms with Crippen LogP contribution in [-0.2, 0) is 0 Å². The summed E-state index contributed by atoms with van der Waals surface area (Å²) in [5, 5.41) is 19.8. The summed E-state index contributed by atoms with van der Waals surface area (Å²) < 4.78 is 6.82. The fourth-order valence-corrected chi connectivity index (χ4v) is 1.38. The van der Waals surface area contributed by atoms with Crippen molar-refractivity contribution in [3.63, 3.8) is 0 Å². The summed E-state index contributed by atoms with van der Waals surface area (Å²) in [6, 6.07) is 4.92. The molecule has 6 nitrogen and oxygen atoms in total. The SMILES string of the molecule is COc1cc(/C=N/n2cn[nH]c2=S)ccc1O. The summed E-state index contributed by atoms with van der Waals surface area (Å²) >= 11 is 4.94. The molecule has 17 heavy (non-hydrogen) atoms. The lowest BCUT2D eigenvalue weighted by molar-refractivity contribution is 0.373. The maximum Gasteiger partial charge on any atom is 0.216 e. The molecule has 1 heterocycles. The molecule has 2 aromatic rings. The van der Waals surface area contributed by atoms with E-state index in [0.29, 0.717) is 10.5 Å². The number of phenols is 1. The lowest BCUT2D eigenvalue weighted by Gasteiger charge is -2.03. The number of phenolic OH excluding ortho intramolecular Hbond substituents is 1. The molecule has 88 valence electrons. The second kappa shape index (κ2) is 4.79. The van der Waals surface area contributed by atoms with E-state index in [0.717, 1.165) is 5.56 Å². The second-order valence-corrected chi connectivity index (χ2v) is 3.57. The van der Waals surface area contributed by atoms with Gasteiger partial charge >= 0.3 is 0 Å². The zero-order chi connectivity index (χ0) is 12.3. The first kappa shape index (κ1) is 11.3. The molecule has 0 saturated heterocycles. The van der Waals surface area contributed by atoms with Crippen molar-refractivity contribution in [1.29, 1.82) is 0 Å². The summed E-state index contributed by atoms with van der Waals surface area (Å²) in [6.07, 6.45) is 3.06. The summed E-state index contributed by atoms with van der Waals surface area (Å²) in [7, 11) is 1.49. The minimum Gasteiger partial charge on any atom is -0.504 e. The van der Waals surface area contributed by atoms with Crippen molar-refractivity contribution in [3.8, 4) is 11.5 Å². The van der Waals surface area contributed by atoms with Gasteiger partial charge in [0.1, 0.15) is 6.33 Å². The Morgan fingerprint density at radius 1 is 1.59 bits per heavy atom. The molecule has 0 unspecified atom stereocenters. The quantitative estimate of drug-likeness (QED) is 0.640. The highest BCUT2D eigenvalue weighted by Crippen LogP contribution is 2.25. The van der Waals surface area contributed by atoms with Gasteiger partial charge in [-0.25, -0.2) is 0 Å². The van der Waals surface area contributed by atoms with E-state index in [-0.39, 0.29) is 5.75 Å². The number of ether oxygens (including phenoxy) is 1. The molecule has 7 heteroatoms. The standard InChI is InChI=1S/C10H10N4O2S/c1-16-9-4-7(2-3-8(9)15)5-12-14-6-11-13-10(14)17/h2-6,15H,1H3,(H,13,17)/b12-5+. The number of aromatic hydroxyl groups is 1. The van der Waals surface area contributed by atoms with Gasteiger partial charge in [-0.3, -0.25) is 5.10 Å². The molecule has 0 aliphatic rings. The average molecular weight is 250 g/mol. The van der Waals surface area contributed by atoms with Crippen LogP contribution < -0.4 is 4.74 Å². The number of nitrogens with one attached hydrogen (secondary N) is 1. The van der Waals surface area contributed by atoms with Crippen LogP contribution in [0, 0.1) is 4.77 Å². The predicted molar refractivity (Wildman–Crippen MR) is 65.1 cm³/mol. The Morgan fingerprint density at radius 3 is 3.06 bits per heavy atom. The molecule has 2 N–H and O–H groups in total. The number of methoxy groups -OCH3 is 1. The van der Waals surface area contributed by atoms with Gasteiger partial charge in [0.05, 0.1) is 13.3 Å². The van der Waals surface area contributed by atoms with Crippen LogP contribution in [0.25, 0.3) is 0 Å². The monoisotopic (exact) mass is 250 g/mol. The van der Waals surface area contributed by atoms with Crippen molar-refractivity contribution in [2.75, 3.05) is 7.11 Å². The first-order valence-corrected chi connectivity index (χ1v) is 5.15. The number of aromatic amines is 1. The van der Waals surface area contributed by atoms with Gasteiger partial charge in [-0.05, 0) is 36.0 Å². The molecular formula is C10H10N4O2S. The summed E-state index contributed by atoms with van der Waals surface area (Å²) in [5.74, 6) is 0.481. The topological polar surface area (TPSA) is 75.4 Å². The van der Waals surface area contributed by atoms with Gasteiger partial charge in [0, 0.05) is 0 Å². The molecule has 1 aromatic heterocycles. The van der Waals surface area contributed by atoms with Gasteiger partial charge in [-0.15, -0.1) is 0 Å². The Kier molecular flexibility index (Phi) is 3.20. The maximum atomic E-state index is 9.42. The summed E-state index contributed by atoms with van der Waals surface area (Å²) in [5.41, 5.74) is 0.780. The number of H-pyrrole nitrogens is 1. The fourth-order valence-electron chi connectivity index (χ4n) is 1.23. The smallest absolute Gasteiger partial charge is 0.216 e. The largest absolute Gasteiger partial charge is 0.504 e. The van der Waals surface area contributed by atoms with E-state index in [9.17, 15) is 5.11 Å². The maximum absolute atomic E-state index is 9.42. The summed E-state index contributed by atoms with van der Waals surface area (Å²) in [6.45, 7) is 0. The van der Waals surface area contributed by atoms with Gasteiger partial charge < -0.3 is 9.84 Å². The zero-order valence-corrected chi connectivity index (χ0v) is 9.81. The molecular weight excluding hydrogens is 240 g/mol. The van der Waals surface area contributed by atoms with E-state index in [2.05, 4.69) is 15.3 Å². The van der Waals surface area contributed by atoms with Crippen LogP contribution >= 0.6 is 12.2 Å². The zero-order valence-electron chi connectivity index (χ0n) is 8.99. The molecule has 0 radical (unpaired) electrons. The number of aromatic nitrogens is 3. The molecule has 0 aliphatic carbocycles. The number of nitrogens with zero attached hydrogens (tertiary/aromatic N) is 3. The van der Waals surface area contributed by atoms with E-state index < -0.39 is 0 Å². The van der Waals surface area contributed by atoms with Crippen molar-refractivity contribution >= 4 is 18.4 Å². The second-order valence-electron chi connectivity index (χ2n) is 3.18. The molecule has 0 spiro atoms. The van der Waals surface area contributed by atoms with E-state index in [1.165, 1.54) is 24.2 Å². The minimum absolute atomic E-state index is 0.0876. The Hall–Kier alpha value is -2.15. The Balaban J connectivity index is 2.28. The van der Waals surface area contributed by atoms with Crippen LogP contribution in [0.1, 0.15) is 5.56 Å². The van der Waals surface area contributed by atoms with Crippen LogP contribution in [0.2, 0.25) is 0 Å². The van der Waals surface area contributed by atoms with E-state index >= 15 is 0 Å². The predicted octanol–water partition coefficient (Wildman–Crippen LogP) is 1.54. The van der Waals surface area contributed by atoms with Crippen molar-refractivity contribution in [1.82, 2.24) is 14.9 Å². The third-order valence-corrected chi connectivity index (χ3v) is 2.35. The number of hydrogen-bond acceptors (Lipinski definition) is 5. The molecule has 0 bridgehead atoms. The number of rotatable bonds is 3. The van der Waals surface area contributed by atoms with Gasteiger partial charge in [0.25, 0.3) is 0 Å². The highest BCUT2D eigenvalue weighted by Gasteiger charge is 2.00. The number of benzene rings is 1. The Morgan fingerprint density at radius 2 is 2.41 bits per heavy atom. The van der Waals surface area contributed by atoms with E-state index in [4.69, 9.17) is 17.0 Å². The molecule has 2 rings (SSSR count). The number of hydrogen-bond donors (Lipinski definition) is 2. The van der Waals surface area contributed by atoms with Crippen LogP contribution in [-0.4, -0.2) is 33.3 Å². The third kappa shape index (κ3) is 2.51. The van der Waals surface area contributed by atoms with Crippen molar-refractivity contribution < 1.29 is 9.84 Å². The van der Waals surface area contributed by atoms with Gasteiger partial charge in [0.2, 0.25) is 4.77 Å². The minimum atomic E-state index is 0.0876. The Labute approximate surface area is 102 Å². The van der Waals surface area contributed by atoms with E-state index in [1.807, 2.05) is 0 Å².